The van der Waals surface area contributed by atoms with Gasteiger partial charge in [0.2, 0.25) is 11.8 Å². The number of aryl methyl sites for hydroxylation is 1. The second kappa shape index (κ2) is 5.03. The molecule has 0 spiro atoms. The van der Waals surface area contributed by atoms with E-state index in [9.17, 15) is 9.59 Å². The van der Waals surface area contributed by atoms with E-state index in [4.69, 9.17) is 0 Å². The highest BCUT2D eigenvalue weighted by Crippen LogP contribution is 2.23. The quantitative estimate of drug-likeness (QED) is 0.883. The Bertz CT molecular complexity index is 486. The number of carbonyl (C=O) groups is 2. The Morgan fingerprint density at radius 2 is 2.00 bits per heavy atom. The average molecular weight is 258 g/mol. The van der Waals surface area contributed by atoms with Crippen LogP contribution in [0.1, 0.15) is 24.8 Å². The van der Waals surface area contributed by atoms with Crippen molar-refractivity contribution in [2.75, 3.05) is 6.54 Å². The molecule has 2 atom stereocenters. The Hall–Kier alpha value is -1.84. The molecule has 1 aromatic rings. The zero-order valence-corrected chi connectivity index (χ0v) is 10.8. The summed E-state index contributed by atoms with van der Waals surface area (Å²) in [4.78, 5) is 26.0. The maximum absolute atomic E-state index is 12.3. The van der Waals surface area contributed by atoms with Crippen molar-refractivity contribution in [1.29, 1.82) is 0 Å². The van der Waals surface area contributed by atoms with E-state index in [0.717, 1.165) is 25.8 Å². The number of carbonyl (C=O) groups excluding carboxylic acids is 2. The van der Waals surface area contributed by atoms with E-state index in [2.05, 4.69) is 5.32 Å². The van der Waals surface area contributed by atoms with E-state index in [1.54, 1.807) is 4.90 Å². The minimum atomic E-state index is -0.345. The van der Waals surface area contributed by atoms with Gasteiger partial charge in [0.15, 0.2) is 0 Å². The monoisotopic (exact) mass is 258 g/mol. The second-order valence-electron chi connectivity index (χ2n) is 5.28. The highest BCUT2D eigenvalue weighted by molar-refractivity contribution is 5.97. The first-order chi connectivity index (χ1) is 9.25. The Kier molecular flexibility index (Phi) is 3.23. The van der Waals surface area contributed by atoms with Crippen LogP contribution in [0.4, 0.5) is 0 Å². The Morgan fingerprint density at radius 1 is 1.21 bits per heavy atom. The molecule has 2 fully saturated rings. The number of nitrogens with one attached hydrogen (secondary N) is 1. The lowest BCUT2D eigenvalue weighted by Gasteiger charge is -2.34. The molecular formula is C15H18N2O2. The van der Waals surface area contributed by atoms with Gasteiger partial charge < -0.3 is 10.2 Å². The summed E-state index contributed by atoms with van der Waals surface area (Å²) in [6.45, 7) is 0.735. The third-order valence-electron chi connectivity index (χ3n) is 4.02. The number of nitrogens with zero attached hydrogens (tertiary/aromatic N) is 1. The standard InChI is InChI=1S/C15H18N2O2/c18-14-13-7-4-10-17(13)15(19)12(16-14)9-8-11-5-2-1-3-6-11/h1-3,5-6,12-13H,4,7-10H2,(H,16,18)/t12-,13+/m1/s1. The SMILES string of the molecule is O=C1N[C@H](CCc2ccccc2)C(=O)N2CCC[C@@H]12. The Morgan fingerprint density at radius 3 is 2.79 bits per heavy atom. The van der Waals surface area contributed by atoms with Gasteiger partial charge >= 0.3 is 0 Å². The topological polar surface area (TPSA) is 49.4 Å². The Balaban J connectivity index is 1.65. The predicted octanol–water partition coefficient (Wildman–Crippen LogP) is 1.11. The van der Waals surface area contributed by atoms with Crippen molar-refractivity contribution in [1.82, 2.24) is 10.2 Å². The highest BCUT2D eigenvalue weighted by atomic mass is 16.2. The van der Waals surface area contributed by atoms with Crippen LogP contribution in [0.3, 0.4) is 0 Å². The number of piperazine rings is 1. The molecule has 19 heavy (non-hydrogen) atoms. The zero-order valence-electron chi connectivity index (χ0n) is 10.8. The van der Waals surface area contributed by atoms with Gasteiger partial charge in [-0.25, -0.2) is 0 Å². The fraction of sp³-hybridized carbons (Fsp3) is 0.467. The predicted molar refractivity (Wildman–Crippen MR) is 71.4 cm³/mol. The zero-order chi connectivity index (χ0) is 13.2. The van der Waals surface area contributed by atoms with E-state index in [1.807, 2.05) is 30.3 Å². The summed E-state index contributed by atoms with van der Waals surface area (Å²) < 4.78 is 0. The van der Waals surface area contributed by atoms with E-state index in [1.165, 1.54) is 5.56 Å². The van der Waals surface area contributed by atoms with Crippen LogP contribution in [0.15, 0.2) is 30.3 Å². The first kappa shape index (κ1) is 12.2. The molecule has 4 heteroatoms. The van der Waals surface area contributed by atoms with E-state index < -0.39 is 0 Å². The average Bonchev–Trinajstić information content (AvgIpc) is 2.92. The van der Waals surface area contributed by atoms with Crippen LogP contribution < -0.4 is 5.32 Å². The summed E-state index contributed by atoms with van der Waals surface area (Å²) >= 11 is 0. The molecule has 2 amide bonds. The van der Waals surface area contributed by atoms with E-state index in [0.29, 0.717) is 6.42 Å². The summed E-state index contributed by atoms with van der Waals surface area (Å²) in [5.74, 6) is 0.119. The van der Waals surface area contributed by atoms with Gasteiger partial charge in [0, 0.05) is 6.54 Å². The van der Waals surface area contributed by atoms with Crippen LogP contribution in [0.2, 0.25) is 0 Å². The maximum Gasteiger partial charge on any atom is 0.245 e. The van der Waals surface area contributed by atoms with Crippen molar-refractivity contribution in [2.45, 2.75) is 37.8 Å². The van der Waals surface area contributed by atoms with E-state index in [-0.39, 0.29) is 23.9 Å². The van der Waals surface area contributed by atoms with Gasteiger partial charge in [-0.2, -0.15) is 0 Å². The molecule has 0 aromatic heterocycles. The largest absolute Gasteiger partial charge is 0.342 e. The molecule has 0 unspecified atom stereocenters. The molecule has 100 valence electrons. The summed E-state index contributed by atoms with van der Waals surface area (Å²) in [5.41, 5.74) is 1.20. The molecule has 2 aliphatic heterocycles. The minimum absolute atomic E-state index is 0.0233. The van der Waals surface area contributed by atoms with Gasteiger partial charge in [-0.05, 0) is 31.2 Å². The summed E-state index contributed by atoms with van der Waals surface area (Å²) in [6.07, 6.45) is 3.24. The van der Waals surface area contributed by atoms with Crippen LogP contribution in [0.25, 0.3) is 0 Å². The van der Waals surface area contributed by atoms with Crippen LogP contribution in [-0.4, -0.2) is 35.3 Å². The smallest absolute Gasteiger partial charge is 0.245 e. The Labute approximate surface area is 112 Å². The van der Waals surface area contributed by atoms with Crippen molar-refractivity contribution >= 4 is 11.8 Å². The number of fused-ring (bicyclic) bond motifs is 1. The molecule has 0 bridgehead atoms. The number of rotatable bonds is 3. The summed E-state index contributed by atoms with van der Waals surface area (Å²) in [7, 11) is 0. The van der Waals surface area contributed by atoms with Crippen molar-refractivity contribution in [3.05, 3.63) is 35.9 Å². The summed E-state index contributed by atoms with van der Waals surface area (Å²) in [5, 5.41) is 2.88. The maximum atomic E-state index is 12.3. The molecular weight excluding hydrogens is 240 g/mol. The first-order valence-electron chi connectivity index (χ1n) is 6.90. The lowest BCUT2D eigenvalue weighted by atomic mass is 10.0. The fourth-order valence-electron chi connectivity index (χ4n) is 2.98. The van der Waals surface area contributed by atoms with Gasteiger partial charge in [0.25, 0.3) is 0 Å². The van der Waals surface area contributed by atoms with Crippen molar-refractivity contribution in [3.63, 3.8) is 0 Å². The molecule has 0 radical (unpaired) electrons. The fourth-order valence-corrected chi connectivity index (χ4v) is 2.98. The van der Waals surface area contributed by atoms with Gasteiger partial charge in [0.1, 0.15) is 12.1 Å². The molecule has 1 aromatic carbocycles. The molecule has 3 rings (SSSR count). The number of hydrogen-bond acceptors (Lipinski definition) is 2. The molecule has 0 aliphatic carbocycles. The first-order valence-corrected chi connectivity index (χ1v) is 6.90. The molecule has 2 aliphatic rings. The second-order valence-corrected chi connectivity index (χ2v) is 5.28. The molecule has 2 saturated heterocycles. The van der Waals surface area contributed by atoms with E-state index >= 15 is 0 Å². The van der Waals surface area contributed by atoms with Gasteiger partial charge in [-0.15, -0.1) is 0 Å². The molecule has 2 heterocycles. The van der Waals surface area contributed by atoms with Crippen LogP contribution in [-0.2, 0) is 16.0 Å². The third-order valence-corrected chi connectivity index (χ3v) is 4.02. The minimum Gasteiger partial charge on any atom is -0.342 e. The van der Waals surface area contributed by atoms with Crippen LogP contribution >= 0.6 is 0 Å². The van der Waals surface area contributed by atoms with Gasteiger partial charge in [0.05, 0.1) is 0 Å². The normalized spacial score (nSPS) is 26.2. The van der Waals surface area contributed by atoms with Crippen molar-refractivity contribution in [3.8, 4) is 0 Å². The number of hydrogen-bond donors (Lipinski definition) is 1. The van der Waals surface area contributed by atoms with Gasteiger partial charge in [-0.1, -0.05) is 30.3 Å². The third kappa shape index (κ3) is 2.35. The number of amides is 2. The van der Waals surface area contributed by atoms with Crippen LogP contribution in [0.5, 0.6) is 0 Å². The highest BCUT2D eigenvalue weighted by Gasteiger charge is 2.42. The van der Waals surface area contributed by atoms with Gasteiger partial charge in [-0.3, -0.25) is 9.59 Å². The molecule has 4 nitrogen and oxygen atoms in total. The van der Waals surface area contributed by atoms with Crippen molar-refractivity contribution < 1.29 is 9.59 Å². The molecule has 0 saturated carbocycles. The number of benzene rings is 1. The lowest BCUT2D eigenvalue weighted by Crippen LogP contribution is -2.61. The lowest BCUT2D eigenvalue weighted by molar-refractivity contribution is -0.147. The summed E-state index contributed by atoms with van der Waals surface area (Å²) in [6, 6.07) is 9.51. The van der Waals surface area contributed by atoms with Crippen LogP contribution in [0, 0.1) is 0 Å². The van der Waals surface area contributed by atoms with Crippen molar-refractivity contribution in [2.24, 2.45) is 0 Å². The molecule has 1 N–H and O–H groups in total.